The summed E-state index contributed by atoms with van der Waals surface area (Å²) < 4.78 is 0. The first-order chi connectivity index (χ1) is 17.2. The fourth-order valence-corrected chi connectivity index (χ4v) is 3.38. The van der Waals surface area contributed by atoms with Crippen LogP contribution in [0.25, 0.3) is 34.2 Å². The fourth-order valence-electron chi connectivity index (χ4n) is 3.38. The van der Waals surface area contributed by atoms with E-state index in [9.17, 15) is 9.90 Å². The molecule has 0 unspecified atom stereocenters. The normalized spacial score (nSPS) is 10.3. The molecule has 166 valence electrons. The van der Waals surface area contributed by atoms with Crippen molar-refractivity contribution in [2.45, 2.75) is 0 Å². The maximum atomic E-state index is 11.6. The Morgan fingerprint density at radius 3 is 1.86 bits per heavy atom. The second-order valence-corrected chi connectivity index (χ2v) is 7.43. The van der Waals surface area contributed by atoms with Gasteiger partial charge in [0, 0.05) is 18.0 Å². The lowest BCUT2D eigenvalue weighted by Crippen LogP contribution is -2.02. The van der Waals surface area contributed by atoms with Crippen LogP contribution in [0.4, 0.5) is 0 Å². The van der Waals surface area contributed by atoms with E-state index in [1.807, 2.05) is 54.6 Å². The van der Waals surface area contributed by atoms with E-state index in [-0.39, 0.29) is 5.69 Å². The molecule has 1 N–H and O–H groups in total. The number of pyridine rings is 5. The van der Waals surface area contributed by atoms with Crippen LogP contribution in [0.5, 0.6) is 0 Å². The largest absolute Gasteiger partial charge is 0.477 e. The van der Waals surface area contributed by atoms with Crippen LogP contribution in [0.3, 0.4) is 0 Å². The Hall–Kier alpha value is -5.22. The fraction of sp³-hybridized carbons (Fsp3) is 0. The molecule has 5 aromatic heterocycles. The van der Waals surface area contributed by atoms with Gasteiger partial charge < -0.3 is 5.11 Å². The molecule has 0 bridgehead atoms. The number of hydrogen-bond donors (Lipinski definition) is 1. The summed E-state index contributed by atoms with van der Waals surface area (Å²) in [5, 5.41) is 9.48. The molecular formula is C28H17N5O2. The Balaban J connectivity index is 1.48. The van der Waals surface area contributed by atoms with Crippen molar-refractivity contribution in [1.29, 1.82) is 0 Å². The minimum absolute atomic E-state index is 0.102. The minimum atomic E-state index is -1.13. The zero-order chi connectivity index (χ0) is 24.0. The molecule has 5 aromatic rings. The van der Waals surface area contributed by atoms with Crippen molar-refractivity contribution < 1.29 is 9.90 Å². The predicted molar refractivity (Wildman–Crippen MR) is 131 cm³/mol. The molecule has 0 fully saturated rings. The van der Waals surface area contributed by atoms with E-state index in [2.05, 4.69) is 31.8 Å². The molecule has 0 radical (unpaired) electrons. The van der Waals surface area contributed by atoms with Crippen molar-refractivity contribution in [3.8, 4) is 46.0 Å². The van der Waals surface area contributed by atoms with E-state index in [1.54, 1.807) is 36.7 Å². The quantitative estimate of drug-likeness (QED) is 0.390. The third-order valence-electron chi connectivity index (χ3n) is 4.99. The summed E-state index contributed by atoms with van der Waals surface area (Å²) in [6, 6.07) is 25.4. The Bertz CT molecular complexity index is 1580. The Kier molecular flexibility index (Phi) is 6.01. The van der Waals surface area contributed by atoms with Crippen LogP contribution >= 0.6 is 0 Å². The van der Waals surface area contributed by atoms with Gasteiger partial charge in [0.15, 0.2) is 0 Å². The van der Waals surface area contributed by atoms with Gasteiger partial charge in [0.05, 0.1) is 34.2 Å². The maximum Gasteiger partial charge on any atom is 0.354 e. The Morgan fingerprint density at radius 1 is 0.600 bits per heavy atom. The number of rotatable bonds is 4. The number of carboxylic acid groups (broad SMARTS) is 1. The first-order valence-corrected chi connectivity index (χ1v) is 10.7. The highest BCUT2D eigenvalue weighted by Gasteiger charge is 2.10. The van der Waals surface area contributed by atoms with Gasteiger partial charge >= 0.3 is 5.97 Å². The second kappa shape index (κ2) is 9.73. The predicted octanol–water partition coefficient (Wildman–Crippen LogP) is 4.76. The van der Waals surface area contributed by atoms with E-state index in [0.29, 0.717) is 34.0 Å². The first-order valence-electron chi connectivity index (χ1n) is 10.7. The molecule has 0 aliphatic heterocycles. The van der Waals surface area contributed by atoms with Crippen LogP contribution in [0, 0.1) is 11.8 Å². The summed E-state index contributed by atoms with van der Waals surface area (Å²) in [4.78, 5) is 33.7. The van der Waals surface area contributed by atoms with Gasteiger partial charge in [-0.3, -0.25) is 9.97 Å². The molecule has 0 atom stereocenters. The SMILES string of the molecule is O=C(O)c1cc(C#Cc2cccc(-c3cccc(-c4ccccn4)n3)n2)cc(-c2ccccn2)n1. The molecule has 0 saturated heterocycles. The Morgan fingerprint density at radius 2 is 1.20 bits per heavy atom. The third-order valence-corrected chi connectivity index (χ3v) is 4.99. The molecule has 5 heterocycles. The van der Waals surface area contributed by atoms with Gasteiger partial charge in [-0.25, -0.2) is 19.7 Å². The Labute approximate surface area is 201 Å². The lowest BCUT2D eigenvalue weighted by molar-refractivity contribution is 0.0690. The van der Waals surface area contributed by atoms with E-state index >= 15 is 0 Å². The molecule has 7 nitrogen and oxygen atoms in total. The average molecular weight is 455 g/mol. The summed E-state index contributed by atoms with van der Waals surface area (Å²) >= 11 is 0. The van der Waals surface area contributed by atoms with Gasteiger partial charge in [-0.15, -0.1) is 0 Å². The topological polar surface area (TPSA) is 102 Å². The highest BCUT2D eigenvalue weighted by atomic mass is 16.4. The van der Waals surface area contributed by atoms with E-state index < -0.39 is 5.97 Å². The molecule has 0 spiro atoms. The first kappa shape index (κ1) is 21.6. The molecule has 0 saturated carbocycles. The molecule has 7 heteroatoms. The highest BCUT2D eigenvalue weighted by molar-refractivity contribution is 5.86. The maximum absolute atomic E-state index is 11.6. The van der Waals surface area contributed by atoms with Crippen LogP contribution in [-0.4, -0.2) is 36.0 Å². The van der Waals surface area contributed by atoms with Crippen molar-refractivity contribution in [3.05, 3.63) is 114 Å². The smallest absolute Gasteiger partial charge is 0.354 e. The highest BCUT2D eigenvalue weighted by Crippen LogP contribution is 2.20. The van der Waals surface area contributed by atoms with Crippen LogP contribution in [0.2, 0.25) is 0 Å². The average Bonchev–Trinajstić information content (AvgIpc) is 2.93. The summed E-state index contributed by atoms with van der Waals surface area (Å²) in [7, 11) is 0. The molecule has 5 rings (SSSR count). The van der Waals surface area contributed by atoms with Crippen LogP contribution in [0.1, 0.15) is 21.7 Å². The lowest BCUT2D eigenvalue weighted by Gasteiger charge is -2.04. The minimum Gasteiger partial charge on any atom is -0.477 e. The monoisotopic (exact) mass is 455 g/mol. The molecule has 0 amide bonds. The number of aromatic carboxylic acids is 1. The zero-order valence-electron chi connectivity index (χ0n) is 18.3. The molecular weight excluding hydrogens is 438 g/mol. The molecule has 0 aliphatic rings. The van der Waals surface area contributed by atoms with Gasteiger partial charge in [-0.1, -0.05) is 30.2 Å². The number of carbonyl (C=O) groups is 1. The van der Waals surface area contributed by atoms with Gasteiger partial charge in [0.2, 0.25) is 0 Å². The summed E-state index contributed by atoms with van der Waals surface area (Å²) in [5.74, 6) is 4.89. The second-order valence-electron chi connectivity index (χ2n) is 7.43. The van der Waals surface area contributed by atoms with Crippen LogP contribution in [-0.2, 0) is 0 Å². The third kappa shape index (κ3) is 5.07. The van der Waals surface area contributed by atoms with E-state index in [4.69, 9.17) is 4.98 Å². The summed E-state index contributed by atoms with van der Waals surface area (Å²) in [5.41, 5.74) is 4.83. The van der Waals surface area contributed by atoms with Crippen LogP contribution < -0.4 is 0 Å². The number of hydrogen-bond acceptors (Lipinski definition) is 6. The van der Waals surface area contributed by atoms with Gasteiger partial charge in [-0.05, 0) is 66.6 Å². The van der Waals surface area contributed by atoms with Gasteiger partial charge in [0.25, 0.3) is 0 Å². The van der Waals surface area contributed by atoms with Gasteiger partial charge in [0.1, 0.15) is 11.4 Å². The van der Waals surface area contributed by atoms with Crippen molar-refractivity contribution in [3.63, 3.8) is 0 Å². The van der Waals surface area contributed by atoms with Crippen molar-refractivity contribution in [1.82, 2.24) is 24.9 Å². The van der Waals surface area contributed by atoms with E-state index in [0.717, 1.165) is 11.4 Å². The van der Waals surface area contributed by atoms with Crippen LogP contribution in [0.15, 0.2) is 97.3 Å². The molecule has 0 aliphatic carbocycles. The number of carboxylic acids is 1. The van der Waals surface area contributed by atoms with E-state index in [1.165, 1.54) is 6.07 Å². The molecule has 35 heavy (non-hydrogen) atoms. The lowest BCUT2D eigenvalue weighted by atomic mass is 10.1. The van der Waals surface area contributed by atoms with Crippen molar-refractivity contribution >= 4 is 5.97 Å². The van der Waals surface area contributed by atoms with Crippen molar-refractivity contribution in [2.24, 2.45) is 0 Å². The van der Waals surface area contributed by atoms with Crippen molar-refractivity contribution in [2.75, 3.05) is 0 Å². The molecule has 0 aromatic carbocycles. The summed E-state index contributed by atoms with van der Waals surface area (Å²) in [6.45, 7) is 0. The summed E-state index contributed by atoms with van der Waals surface area (Å²) in [6.07, 6.45) is 3.36. The van der Waals surface area contributed by atoms with Gasteiger partial charge in [-0.2, -0.15) is 0 Å². The number of aromatic nitrogens is 5. The zero-order valence-corrected chi connectivity index (χ0v) is 18.3. The number of nitrogens with zero attached hydrogens (tertiary/aromatic N) is 5. The standard InChI is InChI=1S/C28H17N5O2/c34-28(35)27-18-19(17-26(33-27)22-9-2-4-16-30-22)13-14-20-7-5-10-24(31-20)25-12-6-11-23(32-25)21-8-1-3-15-29-21/h1-12,15-18H,(H,34,35).